The summed E-state index contributed by atoms with van der Waals surface area (Å²) in [7, 11) is 1.59. The van der Waals surface area contributed by atoms with Crippen LogP contribution < -0.4 is 9.75 Å². The van der Waals surface area contributed by atoms with E-state index in [1.165, 1.54) is 0 Å². The first kappa shape index (κ1) is 17.7. The molecule has 0 aromatic heterocycles. The van der Waals surface area contributed by atoms with Gasteiger partial charge in [0.2, 0.25) is 0 Å². The smallest absolute Gasteiger partial charge is 0.305 e. The monoisotopic (exact) mass is 278 g/mol. The van der Waals surface area contributed by atoms with E-state index in [1.54, 1.807) is 12.1 Å². The molecular formula is C15H22N2O3. The van der Waals surface area contributed by atoms with Gasteiger partial charge in [0.15, 0.2) is 0 Å². The molecule has 5 heteroatoms. The second-order valence-corrected chi connectivity index (χ2v) is 4.02. The lowest BCUT2D eigenvalue weighted by molar-refractivity contribution is -0.136. The van der Waals surface area contributed by atoms with Gasteiger partial charge in [-0.1, -0.05) is 6.07 Å². The van der Waals surface area contributed by atoms with Crippen molar-refractivity contribution in [2.45, 2.75) is 20.3 Å². The van der Waals surface area contributed by atoms with Crippen molar-refractivity contribution in [3.05, 3.63) is 37.4 Å². The third-order valence-corrected chi connectivity index (χ3v) is 2.21. The summed E-state index contributed by atoms with van der Waals surface area (Å²) in [5, 5.41) is 14.7. The van der Waals surface area contributed by atoms with Crippen molar-refractivity contribution < 1.29 is 14.6 Å². The Balaban J connectivity index is 0.00000172. The number of carboxylic acids is 1. The summed E-state index contributed by atoms with van der Waals surface area (Å²) in [6.45, 7) is 10.1. The Bertz CT molecular complexity index is 454. The molecule has 0 amide bonds. The van der Waals surface area contributed by atoms with E-state index in [0.29, 0.717) is 6.54 Å². The number of hydrogen-bond donors (Lipinski definition) is 1. The first-order valence-corrected chi connectivity index (χ1v) is 6.18. The molecule has 0 heterocycles. The van der Waals surface area contributed by atoms with E-state index in [0.717, 1.165) is 17.1 Å². The molecule has 0 saturated carbocycles. The number of carbonyl (C=O) groups is 1. The molecule has 20 heavy (non-hydrogen) atoms. The Hall–Kier alpha value is -2.30. The van der Waals surface area contributed by atoms with Crippen LogP contribution in [0.3, 0.4) is 0 Å². The summed E-state index contributed by atoms with van der Waals surface area (Å²) in [5.41, 5.74) is 1.68. The van der Waals surface area contributed by atoms with Gasteiger partial charge in [-0.25, -0.2) is 0 Å². The van der Waals surface area contributed by atoms with Gasteiger partial charge in [0, 0.05) is 11.8 Å². The molecule has 0 aliphatic rings. The molecule has 1 rings (SSSR count). The summed E-state index contributed by atoms with van der Waals surface area (Å²) in [4.78, 5) is 10.6. The molecular weight excluding hydrogens is 256 g/mol. The largest absolute Gasteiger partial charge is 0.497 e. The highest BCUT2D eigenvalue weighted by Gasteiger charge is 2.08. The Morgan fingerprint density at radius 3 is 2.55 bits per heavy atom. The molecule has 1 aromatic carbocycles. The molecule has 0 bridgehead atoms. The summed E-state index contributed by atoms with van der Waals surface area (Å²) in [6.07, 6.45) is 0.0357. The second-order valence-electron chi connectivity index (χ2n) is 4.02. The van der Waals surface area contributed by atoms with Crippen LogP contribution in [0.5, 0.6) is 5.75 Å². The Morgan fingerprint density at radius 1 is 1.40 bits per heavy atom. The Kier molecular flexibility index (Phi) is 8.50. The van der Waals surface area contributed by atoms with Gasteiger partial charge < -0.3 is 9.84 Å². The predicted octanol–water partition coefficient (Wildman–Crippen LogP) is 3.17. The quantitative estimate of drug-likeness (QED) is 0.493. The number of anilines is 1. The number of carboxylic acid groups (broad SMARTS) is 1. The average Bonchev–Trinajstić information content (AvgIpc) is 2.45. The lowest BCUT2D eigenvalue weighted by Crippen LogP contribution is -2.21. The number of hydrogen-bond acceptors (Lipinski definition) is 4. The summed E-state index contributed by atoms with van der Waals surface area (Å²) in [5.74, 6) is -0.122. The van der Waals surface area contributed by atoms with E-state index in [1.807, 2.05) is 38.1 Å². The van der Waals surface area contributed by atoms with Crippen molar-refractivity contribution in [1.29, 1.82) is 0 Å². The van der Waals surface area contributed by atoms with Crippen LogP contribution in [0.15, 0.2) is 42.5 Å². The Labute approximate surface area is 120 Å². The van der Waals surface area contributed by atoms with Crippen LogP contribution in [0.1, 0.15) is 20.3 Å². The number of aliphatic carboxylic acids is 1. The Morgan fingerprint density at radius 2 is 2.05 bits per heavy atom. The van der Waals surface area contributed by atoms with Crippen LogP contribution in [0, 0.1) is 0 Å². The van der Waals surface area contributed by atoms with Gasteiger partial charge in [0.05, 0.1) is 25.8 Å². The normalized spacial score (nSPS) is 8.95. The maximum Gasteiger partial charge on any atom is 0.305 e. The van der Waals surface area contributed by atoms with Gasteiger partial charge in [0.25, 0.3) is 0 Å². The highest BCUT2D eigenvalue weighted by Crippen LogP contribution is 2.21. The standard InChI is InChI=1S/C13H18N2O3.C2H4/c1-10(2)14-15(8-7-13(16)17)11-5-4-6-12(9-11)18-3;1-2/h4-6,9H,7-8H2,1-3H3,(H,16,17);1-2H2. The molecule has 0 aliphatic carbocycles. The van der Waals surface area contributed by atoms with Crippen LogP contribution in [-0.2, 0) is 4.79 Å². The van der Waals surface area contributed by atoms with Gasteiger partial charge in [-0.2, -0.15) is 5.10 Å². The van der Waals surface area contributed by atoms with Crippen molar-refractivity contribution in [3.8, 4) is 5.75 Å². The van der Waals surface area contributed by atoms with E-state index in [9.17, 15) is 4.79 Å². The minimum Gasteiger partial charge on any atom is -0.497 e. The van der Waals surface area contributed by atoms with Crippen LogP contribution in [0.4, 0.5) is 5.69 Å². The zero-order chi connectivity index (χ0) is 15.5. The van der Waals surface area contributed by atoms with E-state index in [4.69, 9.17) is 9.84 Å². The summed E-state index contributed by atoms with van der Waals surface area (Å²) >= 11 is 0. The van der Waals surface area contributed by atoms with E-state index < -0.39 is 5.97 Å². The van der Waals surface area contributed by atoms with Crippen LogP contribution in [0.25, 0.3) is 0 Å². The zero-order valence-electron chi connectivity index (χ0n) is 12.3. The van der Waals surface area contributed by atoms with Gasteiger partial charge >= 0.3 is 5.97 Å². The van der Waals surface area contributed by atoms with Gasteiger partial charge in [-0.05, 0) is 26.0 Å². The second kappa shape index (κ2) is 9.61. The highest BCUT2D eigenvalue weighted by atomic mass is 16.5. The minimum atomic E-state index is -0.841. The molecule has 0 spiro atoms. The minimum absolute atomic E-state index is 0.0357. The van der Waals surface area contributed by atoms with E-state index in [-0.39, 0.29) is 6.42 Å². The SMILES string of the molecule is C=C.COc1cccc(N(CCC(=O)O)N=C(C)C)c1. The van der Waals surface area contributed by atoms with Crippen LogP contribution in [-0.4, -0.2) is 30.4 Å². The third kappa shape index (κ3) is 6.58. The molecule has 1 aromatic rings. The molecule has 0 saturated heterocycles. The number of hydrazone groups is 1. The molecule has 0 radical (unpaired) electrons. The maximum atomic E-state index is 10.6. The van der Waals surface area contributed by atoms with Crippen molar-refractivity contribution in [2.24, 2.45) is 5.10 Å². The lowest BCUT2D eigenvalue weighted by atomic mass is 10.3. The summed E-state index contributed by atoms with van der Waals surface area (Å²) in [6, 6.07) is 7.38. The van der Waals surface area contributed by atoms with E-state index in [2.05, 4.69) is 18.3 Å². The highest BCUT2D eigenvalue weighted by molar-refractivity contribution is 5.80. The van der Waals surface area contributed by atoms with Gasteiger partial charge in [0.1, 0.15) is 5.75 Å². The number of benzene rings is 1. The molecule has 0 unspecified atom stereocenters. The molecule has 110 valence electrons. The van der Waals surface area contributed by atoms with Crippen molar-refractivity contribution in [3.63, 3.8) is 0 Å². The number of rotatable bonds is 6. The molecule has 1 N–H and O–H groups in total. The fourth-order valence-electron chi connectivity index (χ4n) is 1.45. The molecule has 0 fully saturated rings. The van der Waals surface area contributed by atoms with Crippen LogP contribution in [0.2, 0.25) is 0 Å². The molecule has 5 nitrogen and oxygen atoms in total. The number of methoxy groups -OCH3 is 1. The molecule has 0 atom stereocenters. The van der Waals surface area contributed by atoms with Crippen molar-refractivity contribution >= 4 is 17.4 Å². The predicted molar refractivity (Wildman–Crippen MR) is 82.6 cm³/mol. The molecule has 0 aliphatic heterocycles. The average molecular weight is 278 g/mol. The van der Waals surface area contributed by atoms with Crippen LogP contribution >= 0.6 is 0 Å². The van der Waals surface area contributed by atoms with Crippen molar-refractivity contribution in [2.75, 3.05) is 18.7 Å². The van der Waals surface area contributed by atoms with Crippen molar-refractivity contribution in [1.82, 2.24) is 0 Å². The first-order chi connectivity index (χ1) is 9.52. The first-order valence-electron chi connectivity index (χ1n) is 6.18. The number of ether oxygens (including phenoxy) is 1. The zero-order valence-corrected chi connectivity index (χ0v) is 12.3. The maximum absolute atomic E-state index is 10.6. The number of nitrogens with zero attached hydrogens (tertiary/aromatic N) is 2. The third-order valence-electron chi connectivity index (χ3n) is 2.21. The lowest BCUT2D eigenvalue weighted by Gasteiger charge is -2.19. The fourth-order valence-corrected chi connectivity index (χ4v) is 1.45. The summed E-state index contributed by atoms with van der Waals surface area (Å²) < 4.78 is 5.14. The van der Waals surface area contributed by atoms with E-state index >= 15 is 0 Å². The van der Waals surface area contributed by atoms with Gasteiger partial charge in [-0.15, -0.1) is 13.2 Å². The van der Waals surface area contributed by atoms with Gasteiger partial charge in [-0.3, -0.25) is 9.80 Å². The topological polar surface area (TPSA) is 62.1 Å². The fraction of sp³-hybridized carbons (Fsp3) is 0.333.